The van der Waals surface area contributed by atoms with Crippen LogP contribution in [-0.2, 0) is 21.7 Å². The molecule has 28 rings (SSSR count). The van der Waals surface area contributed by atoms with Gasteiger partial charge in [0.15, 0.2) is 0 Å². The molecule has 4 heterocycles. The van der Waals surface area contributed by atoms with Crippen LogP contribution in [0.4, 0.5) is 34.1 Å². The molecule has 22 aromatic rings. The fraction of sp³-hybridized carbons (Fsp3) is 0.0476. The molecule has 0 fully saturated rings. The summed E-state index contributed by atoms with van der Waals surface area (Å²) >= 11 is 0. The Balaban J connectivity index is 0.622. The number of anilines is 6. The van der Waals surface area contributed by atoms with Crippen LogP contribution in [0.3, 0.4) is 0 Å². The van der Waals surface area contributed by atoms with Gasteiger partial charge in [0.25, 0.3) is 0 Å². The van der Waals surface area contributed by atoms with E-state index in [9.17, 15) is 0 Å². The maximum Gasteiger partial charge on any atom is 0.0755 e. The van der Waals surface area contributed by atoms with Crippen molar-refractivity contribution < 1.29 is 0 Å². The van der Waals surface area contributed by atoms with Crippen molar-refractivity contribution >= 4 is 77.7 Å². The smallest absolute Gasteiger partial charge is 0.0755 e. The Morgan fingerprint density at radius 2 is 0.562 bits per heavy atom. The average molecular weight is 1650 g/mol. The van der Waals surface area contributed by atoms with E-state index in [1.54, 1.807) is 0 Å². The second-order valence-electron chi connectivity index (χ2n) is 36.8. The molecule has 2 atom stereocenters. The highest BCUT2D eigenvalue weighted by Gasteiger charge is 2.54. The summed E-state index contributed by atoms with van der Waals surface area (Å²) in [5.74, 6) is 0. The van der Waals surface area contributed by atoms with E-state index in [1.165, 1.54) is 189 Å². The highest BCUT2D eigenvalue weighted by atomic mass is 15.2. The molecule has 2 unspecified atom stereocenters. The van der Waals surface area contributed by atoms with Crippen LogP contribution in [-0.4, -0.2) is 9.13 Å². The maximum absolute atomic E-state index is 2.60. The summed E-state index contributed by atoms with van der Waals surface area (Å²) in [6.07, 6.45) is 0. The molecular weight excluding hydrogens is 1570 g/mol. The fourth-order valence-corrected chi connectivity index (χ4v) is 25.1. The van der Waals surface area contributed by atoms with E-state index in [4.69, 9.17) is 0 Å². The molecule has 130 heavy (non-hydrogen) atoms. The molecule has 606 valence electrons. The molecule has 4 heteroatoms. The van der Waals surface area contributed by atoms with Gasteiger partial charge in [-0.05, 0) is 259 Å². The van der Waals surface area contributed by atoms with Gasteiger partial charge in [-0.2, -0.15) is 0 Å². The lowest BCUT2D eigenvalue weighted by Crippen LogP contribution is -2.33. The highest BCUT2D eigenvalue weighted by molar-refractivity contribution is 6.16. The zero-order valence-corrected chi connectivity index (χ0v) is 71.7. The molecule has 2 aliphatic heterocycles. The van der Waals surface area contributed by atoms with Crippen molar-refractivity contribution in [3.63, 3.8) is 0 Å². The minimum absolute atomic E-state index is 0.324. The lowest BCUT2D eigenvalue weighted by atomic mass is 9.65. The third-order valence-corrected chi connectivity index (χ3v) is 30.4. The monoisotopic (exact) mass is 1650 g/mol. The normalized spacial score (nSPS) is 15.8. The Bertz CT molecular complexity index is 8550. The van der Waals surface area contributed by atoms with Crippen LogP contribution in [0.25, 0.3) is 133 Å². The van der Waals surface area contributed by atoms with Gasteiger partial charge < -0.3 is 18.9 Å². The largest absolute Gasteiger partial charge is 0.310 e. The van der Waals surface area contributed by atoms with Crippen LogP contribution in [0.15, 0.2) is 461 Å². The van der Waals surface area contributed by atoms with Crippen LogP contribution in [0, 0.1) is 0 Å². The number of para-hydroxylation sites is 6. The van der Waals surface area contributed by atoms with Gasteiger partial charge in [0, 0.05) is 61.0 Å². The molecule has 20 aromatic carbocycles. The molecule has 0 bridgehead atoms. The topological polar surface area (TPSA) is 16.3 Å². The molecule has 6 aliphatic rings. The van der Waals surface area contributed by atoms with Gasteiger partial charge in [0.1, 0.15) is 0 Å². The van der Waals surface area contributed by atoms with E-state index in [2.05, 4.69) is 494 Å². The van der Waals surface area contributed by atoms with Crippen molar-refractivity contribution in [1.82, 2.24) is 9.13 Å². The summed E-state index contributed by atoms with van der Waals surface area (Å²) in [6.45, 7) is 4.85. The van der Waals surface area contributed by atoms with Gasteiger partial charge in [-0.15, -0.1) is 0 Å². The summed E-state index contributed by atoms with van der Waals surface area (Å²) < 4.78 is 5.14. The van der Waals surface area contributed by atoms with Crippen molar-refractivity contribution in [3.8, 4) is 89.3 Å². The van der Waals surface area contributed by atoms with E-state index in [0.717, 1.165) is 56.4 Å². The Labute approximate surface area is 755 Å². The quantitative estimate of drug-likeness (QED) is 0.128. The fourth-order valence-electron chi connectivity index (χ4n) is 25.1. The summed E-state index contributed by atoms with van der Waals surface area (Å²) in [5, 5.41) is 4.96. The lowest BCUT2D eigenvalue weighted by Gasteiger charge is -2.40. The minimum Gasteiger partial charge on any atom is -0.310 e. The van der Waals surface area contributed by atoms with Crippen molar-refractivity contribution in [3.05, 3.63) is 539 Å². The van der Waals surface area contributed by atoms with Crippen LogP contribution in [0.1, 0.15) is 91.7 Å². The lowest BCUT2D eigenvalue weighted by molar-refractivity contribution is 0.660. The second kappa shape index (κ2) is 27.1. The van der Waals surface area contributed by atoms with Gasteiger partial charge in [0.2, 0.25) is 0 Å². The zero-order valence-electron chi connectivity index (χ0n) is 71.7. The first-order valence-corrected chi connectivity index (χ1v) is 45.6. The van der Waals surface area contributed by atoms with Crippen molar-refractivity contribution in [2.24, 2.45) is 0 Å². The molecule has 0 amide bonds. The van der Waals surface area contributed by atoms with Crippen molar-refractivity contribution in [2.45, 2.75) is 35.5 Å². The van der Waals surface area contributed by atoms with Crippen molar-refractivity contribution in [1.29, 1.82) is 0 Å². The summed E-state index contributed by atoms with van der Waals surface area (Å²) in [4.78, 5) is 5.09. The van der Waals surface area contributed by atoms with E-state index in [1.807, 2.05) is 0 Å². The molecule has 2 aromatic heterocycles. The number of hydrogen-bond donors (Lipinski definition) is 0. The number of fused-ring (bicyclic) bond motifs is 30. The molecule has 2 spiro atoms. The summed E-state index contributed by atoms with van der Waals surface area (Å²) in [6, 6.07) is 176. The molecular formula is C126H82N4. The summed E-state index contributed by atoms with van der Waals surface area (Å²) in [5.41, 5.74) is 46.5. The third-order valence-electron chi connectivity index (χ3n) is 30.4. The third kappa shape index (κ3) is 9.63. The van der Waals surface area contributed by atoms with E-state index >= 15 is 0 Å². The number of aromatic nitrogens is 2. The summed E-state index contributed by atoms with van der Waals surface area (Å²) in [7, 11) is 0. The van der Waals surface area contributed by atoms with E-state index < -0.39 is 16.2 Å². The van der Waals surface area contributed by atoms with E-state index in [0.29, 0.717) is 0 Å². The SMILES string of the molecule is CC1(C)c2cc(-c3ccccc3)ccc2-c2ccc(N(c3ccc4c(c3)-c3ccccc3C43c4ccccc4-n4c5ccccc5c5cccc3c54)c3ccc(-c4ccc5c(c4)c4cccc6c4n5-c4ccccc4C64c5ccccc5-c5ccc(N(c6ccccc6)c6ccc7c(c6)C(c6ccccc6)(c6ccccc6)c6ccccc6-7)cc54)cc3-c3ccccc3)cc21. The molecule has 0 saturated heterocycles. The van der Waals surface area contributed by atoms with Gasteiger partial charge in [-0.3, -0.25) is 0 Å². The van der Waals surface area contributed by atoms with Gasteiger partial charge in [0.05, 0.1) is 55.4 Å². The predicted octanol–water partition coefficient (Wildman–Crippen LogP) is 31.8. The Hall–Kier alpha value is -16.4. The number of hydrogen-bond acceptors (Lipinski definition) is 2. The maximum atomic E-state index is 2.60. The Morgan fingerprint density at radius 3 is 1.17 bits per heavy atom. The predicted molar refractivity (Wildman–Crippen MR) is 537 cm³/mol. The second-order valence-corrected chi connectivity index (χ2v) is 36.8. The minimum atomic E-state index is -0.720. The van der Waals surface area contributed by atoms with Gasteiger partial charge in [-0.25, -0.2) is 0 Å². The van der Waals surface area contributed by atoms with E-state index in [-0.39, 0.29) is 5.41 Å². The average Bonchev–Trinajstić information content (AvgIpc) is 1.50. The van der Waals surface area contributed by atoms with Crippen LogP contribution in [0.2, 0.25) is 0 Å². The zero-order chi connectivity index (χ0) is 85.5. The number of rotatable bonds is 11. The first-order valence-electron chi connectivity index (χ1n) is 45.6. The first-order chi connectivity index (χ1) is 64.3. The standard InChI is InChI=1S/C126H82N4/c1-123(2)112-74-83(79-32-8-3-9-33-79)58-65-94(112)95-66-63-90(76-113(95)123)128(87-64-69-107-102(75-87)93-44-20-24-50-106(93)125(107)108-51-25-28-56-119(108)129-116-55-27-21-45-98(116)99-46-30-53-110(125)121(99)129)117-70-59-81(72-101(117)80-34-10-4-11-35-80)82-60-71-118-103(73-82)100-47-31-54-111-122(100)130(118)120-57-29-26-52-109(120)126(111)105-49-23-19-43-92(105)97-68-62-89(78-115(97)126)127(86-40-16-7-17-41-86)88-61-67-96-91-42-18-22-48-104(91)124(114(96)77-88,84-36-12-5-13-37-84)85-38-14-6-15-39-85/h3-78H,1-2H3. The van der Waals surface area contributed by atoms with Gasteiger partial charge in [-0.1, -0.05) is 366 Å². The van der Waals surface area contributed by atoms with Crippen molar-refractivity contribution in [2.75, 3.05) is 9.80 Å². The van der Waals surface area contributed by atoms with Gasteiger partial charge >= 0.3 is 0 Å². The molecule has 0 saturated carbocycles. The molecule has 0 N–H and O–H groups in total. The Kier molecular flexibility index (Phi) is 15.2. The van der Waals surface area contributed by atoms with Crippen LogP contribution >= 0.6 is 0 Å². The Morgan fingerprint density at radius 1 is 0.185 bits per heavy atom. The number of benzene rings is 20. The number of nitrogens with zero attached hydrogens (tertiary/aromatic N) is 4. The van der Waals surface area contributed by atoms with Crippen LogP contribution < -0.4 is 9.80 Å². The highest BCUT2D eigenvalue weighted by Crippen LogP contribution is 2.66. The van der Waals surface area contributed by atoms with Crippen LogP contribution in [0.5, 0.6) is 0 Å². The first kappa shape index (κ1) is 72.9. The molecule has 4 aliphatic carbocycles. The molecule has 4 nitrogen and oxygen atoms in total. The molecule has 0 radical (unpaired) electrons.